The molecule has 2 N–H and O–H groups in total. The van der Waals surface area contributed by atoms with Crippen molar-refractivity contribution < 1.29 is 9.47 Å². The topological polar surface area (TPSA) is 54.9 Å². The molecule has 0 atom stereocenters. The van der Waals surface area contributed by atoms with Gasteiger partial charge in [-0.05, 0) is 43.4 Å². The summed E-state index contributed by atoms with van der Waals surface area (Å²) in [6.45, 7) is 2.03. The second-order valence-corrected chi connectivity index (χ2v) is 5.21. The number of anilines is 1. The predicted molar refractivity (Wildman–Crippen MR) is 97.7 cm³/mol. The molecule has 0 bridgehead atoms. The predicted octanol–water partition coefficient (Wildman–Crippen LogP) is 3.33. The van der Waals surface area contributed by atoms with E-state index >= 15 is 0 Å². The molecule has 0 unspecified atom stereocenters. The molecule has 0 aromatic heterocycles. The fourth-order valence-electron chi connectivity index (χ4n) is 1.88. The highest BCUT2D eigenvalue weighted by atomic mass is 32.1. The van der Waals surface area contributed by atoms with E-state index in [1.54, 1.807) is 26.5 Å². The average Bonchev–Trinajstić information content (AvgIpc) is 2.57. The summed E-state index contributed by atoms with van der Waals surface area (Å²) < 4.78 is 10.5. The Bertz CT molecular complexity index is 699. The van der Waals surface area contributed by atoms with Gasteiger partial charge in [-0.3, -0.25) is 5.43 Å². The first-order chi connectivity index (χ1) is 11.1. The minimum absolute atomic E-state index is 0.414. The summed E-state index contributed by atoms with van der Waals surface area (Å²) in [7, 11) is 3.21. The molecule has 0 aliphatic heterocycles. The molecule has 2 aromatic carbocycles. The highest BCUT2D eigenvalue weighted by molar-refractivity contribution is 7.80. The van der Waals surface area contributed by atoms with Crippen LogP contribution in [0.4, 0.5) is 5.69 Å². The SMILES string of the molecule is COc1ccc(C=NNC(=S)Nc2ccc(C)cc2)c(OC)c1. The van der Waals surface area contributed by atoms with Crippen LogP contribution in [0.5, 0.6) is 11.5 Å². The molecule has 120 valence electrons. The molecule has 0 heterocycles. The van der Waals surface area contributed by atoms with Crippen LogP contribution in [0.3, 0.4) is 0 Å². The van der Waals surface area contributed by atoms with Gasteiger partial charge in [0.05, 0.1) is 20.4 Å². The van der Waals surface area contributed by atoms with Crippen LogP contribution < -0.4 is 20.2 Å². The van der Waals surface area contributed by atoms with Crippen LogP contribution in [-0.4, -0.2) is 25.5 Å². The van der Waals surface area contributed by atoms with Gasteiger partial charge in [-0.15, -0.1) is 0 Å². The summed E-state index contributed by atoms with van der Waals surface area (Å²) in [5.74, 6) is 1.40. The first-order valence-corrected chi connectivity index (χ1v) is 7.42. The van der Waals surface area contributed by atoms with E-state index in [9.17, 15) is 0 Å². The Balaban J connectivity index is 1.95. The number of benzene rings is 2. The smallest absolute Gasteiger partial charge is 0.191 e. The zero-order chi connectivity index (χ0) is 16.7. The number of hydrogen-bond acceptors (Lipinski definition) is 4. The standard InChI is InChI=1S/C17H19N3O2S/c1-12-4-7-14(8-5-12)19-17(23)20-18-11-13-6-9-15(21-2)10-16(13)22-3/h4-11H,1-3H3,(H2,19,20,23). The van der Waals surface area contributed by atoms with Gasteiger partial charge in [0.2, 0.25) is 0 Å². The minimum Gasteiger partial charge on any atom is -0.497 e. The summed E-state index contributed by atoms with van der Waals surface area (Å²) in [6, 6.07) is 13.4. The Morgan fingerprint density at radius 2 is 1.83 bits per heavy atom. The van der Waals surface area contributed by atoms with E-state index in [0.717, 1.165) is 17.0 Å². The summed E-state index contributed by atoms with van der Waals surface area (Å²) in [5, 5.41) is 7.59. The van der Waals surface area contributed by atoms with Gasteiger partial charge in [0.15, 0.2) is 5.11 Å². The largest absolute Gasteiger partial charge is 0.497 e. The number of hydrogen-bond donors (Lipinski definition) is 2. The normalized spacial score (nSPS) is 10.4. The lowest BCUT2D eigenvalue weighted by Crippen LogP contribution is -2.23. The molecular formula is C17H19N3O2S. The van der Waals surface area contributed by atoms with Crippen LogP contribution in [0.2, 0.25) is 0 Å². The van der Waals surface area contributed by atoms with Gasteiger partial charge < -0.3 is 14.8 Å². The molecule has 0 amide bonds. The van der Waals surface area contributed by atoms with Crippen molar-refractivity contribution in [3.63, 3.8) is 0 Å². The van der Waals surface area contributed by atoms with Crippen molar-refractivity contribution in [2.45, 2.75) is 6.92 Å². The lowest BCUT2D eigenvalue weighted by molar-refractivity contribution is 0.394. The lowest BCUT2D eigenvalue weighted by Gasteiger charge is -2.08. The molecule has 0 radical (unpaired) electrons. The van der Waals surface area contributed by atoms with E-state index in [0.29, 0.717) is 10.9 Å². The van der Waals surface area contributed by atoms with Gasteiger partial charge >= 0.3 is 0 Å². The highest BCUT2D eigenvalue weighted by Gasteiger charge is 2.02. The van der Waals surface area contributed by atoms with Gasteiger partial charge in [0.25, 0.3) is 0 Å². The third-order valence-electron chi connectivity index (χ3n) is 3.12. The summed E-state index contributed by atoms with van der Waals surface area (Å²) in [6.07, 6.45) is 1.64. The summed E-state index contributed by atoms with van der Waals surface area (Å²) in [5.41, 5.74) is 5.70. The monoisotopic (exact) mass is 329 g/mol. The average molecular weight is 329 g/mol. The van der Waals surface area contributed by atoms with Crippen molar-refractivity contribution in [1.82, 2.24) is 5.43 Å². The Hall–Kier alpha value is -2.60. The molecule has 2 aromatic rings. The number of nitrogens with one attached hydrogen (secondary N) is 2. The molecule has 0 aliphatic rings. The molecule has 5 nitrogen and oxygen atoms in total. The van der Waals surface area contributed by atoms with Gasteiger partial charge in [-0.2, -0.15) is 5.10 Å². The third kappa shape index (κ3) is 4.96. The maximum atomic E-state index is 5.30. The fraction of sp³-hybridized carbons (Fsp3) is 0.176. The molecular weight excluding hydrogens is 310 g/mol. The minimum atomic E-state index is 0.414. The fourth-order valence-corrected chi connectivity index (χ4v) is 2.05. The number of thiocarbonyl (C=S) groups is 1. The Kier molecular flexibility index (Phi) is 5.94. The molecule has 0 saturated carbocycles. The summed E-state index contributed by atoms with van der Waals surface area (Å²) in [4.78, 5) is 0. The van der Waals surface area contributed by atoms with Crippen LogP contribution >= 0.6 is 12.2 Å². The Morgan fingerprint density at radius 3 is 2.48 bits per heavy atom. The zero-order valence-corrected chi connectivity index (χ0v) is 14.1. The molecule has 0 fully saturated rings. The number of rotatable bonds is 5. The first-order valence-electron chi connectivity index (χ1n) is 7.01. The van der Waals surface area contributed by atoms with Crippen LogP contribution in [0, 0.1) is 6.92 Å². The van der Waals surface area contributed by atoms with Crippen molar-refractivity contribution in [2.24, 2.45) is 5.10 Å². The van der Waals surface area contributed by atoms with Gasteiger partial charge in [-0.1, -0.05) is 17.7 Å². The number of ether oxygens (including phenoxy) is 2. The molecule has 0 spiro atoms. The van der Waals surface area contributed by atoms with E-state index in [-0.39, 0.29) is 0 Å². The van der Waals surface area contributed by atoms with Gasteiger partial charge in [-0.25, -0.2) is 0 Å². The van der Waals surface area contributed by atoms with E-state index < -0.39 is 0 Å². The number of hydrazone groups is 1. The third-order valence-corrected chi connectivity index (χ3v) is 3.31. The molecule has 2 rings (SSSR count). The first kappa shape index (κ1) is 16.8. The van der Waals surface area contributed by atoms with Crippen LogP contribution in [0.1, 0.15) is 11.1 Å². The van der Waals surface area contributed by atoms with Crippen LogP contribution in [0.15, 0.2) is 47.6 Å². The Morgan fingerprint density at radius 1 is 1.09 bits per heavy atom. The molecule has 0 aliphatic carbocycles. The van der Waals surface area contributed by atoms with E-state index in [4.69, 9.17) is 21.7 Å². The van der Waals surface area contributed by atoms with Crippen LogP contribution in [0.25, 0.3) is 0 Å². The molecule has 0 saturated heterocycles. The lowest BCUT2D eigenvalue weighted by atomic mass is 10.2. The maximum absolute atomic E-state index is 5.30. The van der Waals surface area contributed by atoms with E-state index in [2.05, 4.69) is 15.8 Å². The quantitative estimate of drug-likeness (QED) is 0.501. The van der Waals surface area contributed by atoms with E-state index in [1.165, 1.54) is 5.56 Å². The second kappa shape index (κ2) is 8.14. The maximum Gasteiger partial charge on any atom is 0.191 e. The summed E-state index contributed by atoms with van der Waals surface area (Å²) >= 11 is 5.20. The van der Waals surface area contributed by atoms with Crippen molar-refractivity contribution in [2.75, 3.05) is 19.5 Å². The van der Waals surface area contributed by atoms with E-state index in [1.807, 2.05) is 43.3 Å². The number of nitrogens with zero attached hydrogens (tertiary/aromatic N) is 1. The van der Waals surface area contributed by atoms with Gasteiger partial charge in [0.1, 0.15) is 11.5 Å². The van der Waals surface area contributed by atoms with Crippen molar-refractivity contribution in [3.05, 3.63) is 53.6 Å². The Labute approximate surface area is 141 Å². The van der Waals surface area contributed by atoms with Gasteiger partial charge in [0, 0.05) is 17.3 Å². The molecule has 23 heavy (non-hydrogen) atoms. The van der Waals surface area contributed by atoms with Crippen molar-refractivity contribution >= 4 is 29.2 Å². The van der Waals surface area contributed by atoms with Crippen molar-refractivity contribution in [1.29, 1.82) is 0 Å². The van der Waals surface area contributed by atoms with Crippen molar-refractivity contribution in [3.8, 4) is 11.5 Å². The number of methoxy groups -OCH3 is 2. The number of aryl methyl sites for hydroxylation is 1. The molecule has 6 heteroatoms. The van der Waals surface area contributed by atoms with Crippen LogP contribution in [-0.2, 0) is 0 Å². The second-order valence-electron chi connectivity index (χ2n) is 4.80. The highest BCUT2D eigenvalue weighted by Crippen LogP contribution is 2.22. The zero-order valence-electron chi connectivity index (χ0n) is 13.3.